The number of carbonyl (C=O) groups excluding carboxylic acids is 2. The Labute approximate surface area is 162 Å². The van der Waals surface area contributed by atoms with Crippen molar-refractivity contribution in [2.24, 2.45) is 11.3 Å². The van der Waals surface area contributed by atoms with E-state index in [0.717, 1.165) is 63.2 Å². The summed E-state index contributed by atoms with van der Waals surface area (Å²) in [6.45, 7) is 9.86. The van der Waals surface area contributed by atoms with Crippen molar-refractivity contribution in [3.63, 3.8) is 0 Å². The number of amides is 2. The van der Waals surface area contributed by atoms with Crippen LogP contribution in [0.15, 0.2) is 24.3 Å². The van der Waals surface area contributed by atoms with Crippen molar-refractivity contribution in [1.29, 1.82) is 0 Å². The molecular formula is C22H32N2O3. The SMILES string of the molecule is CC(C)(C)C(=O)N1CCC[C@H](COc2ccc(C(=O)N3CCCC3)cc2)C1. The third-order valence-electron chi connectivity index (χ3n) is 5.43. The van der Waals surface area contributed by atoms with Crippen molar-refractivity contribution in [1.82, 2.24) is 9.80 Å². The summed E-state index contributed by atoms with van der Waals surface area (Å²) in [5.41, 5.74) is 0.393. The Bertz CT molecular complexity index is 657. The highest BCUT2D eigenvalue weighted by Gasteiger charge is 2.31. The van der Waals surface area contributed by atoms with Crippen molar-refractivity contribution >= 4 is 11.8 Å². The highest BCUT2D eigenvalue weighted by Crippen LogP contribution is 2.24. The molecule has 2 aliphatic rings. The Morgan fingerprint density at radius 3 is 2.26 bits per heavy atom. The summed E-state index contributed by atoms with van der Waals surface area (Å²) >= 11 is 0. The Hall–Kier alpha value is -2.04. The quantitative estimate of drug-likeness (QED) is 0.812. The van der Waals surface area contributed by atoms with Gasteiger partial charge in [-0.1, -0.05) is 20.8 Å². The first-order valence-corrected chi connectivity index (χ1v) is 10.2. The van der Waals surface area contributed by atoms with Gasteiger partial charge in [-0.3, -0.25) is 9.59 Å². The van der Waals surface area contributed by atoms with Gasteiger partial charge in [0.1, 0.15) is 5.75 Å². The van der Waals surface area contributed by atoms with Gasteiger partial charge in [0, 0.05) is 43.1 Å². The van der Waals surface area contributed by atoms with E-state index in [1.54, 1.807) is 0 Å². The lowest BCUT2D eigenvalue weighted by atomic mass is 9.91. The van der Waals surface area contributed by atoms with Gasteiger partial charge in [0.05, 0.1) is 6.61 Å². The van der Waals surface area contributed by atoms with Crippen LogP contribution >= 0.6 is 0 Å². The summed E-state index contributed by atoms with van der Waals surface area (Å²) in [6, 6.07) is 7.47. The van der Waals surface area contributed by atoms with Crippen LogP contribution in [0.25, 0.3) is 0 Å². The molecule has 2 amide bonds. The second-order valence-corrected chi connectivity index (χ2v) is 8.84. The summed E-state index contributed by atoms with van der Waals surface area (Å²) in [7, 11) is 0. The van der Waals surface area contributed by atoms with E-state index in [4.69, 9.17) is 4.74 Å². The molecule has 0 spiro atoms. The number of hydrogen-bond acceptors (Lipinski definition) is 3. The fraction of sp³-hybridized carbons (Fsp3) is 0.636. The lowest BCUT2D eigenvalue weighted by molar-refractivity contribution is -0.141. The molecule has 0 aliphatic carbocycles. The fourth-order valence-electron chi connectivity index (χ4n) is 3.87. The minimum Gasteiger partial charge on any atom is -0.493 e. The number of nitrogens with zero attached hydrogens (tertiary/aromatic N) is 2. The molecule has 0 aromatic heterocycles. The molecule has 0 N–H and O–H groups in total. The normalized spacial score (nSPS) is 20.6. The molecule has 0 unspecified atom stereocenters. The van der Waals surface area contributed by atoms with Crippen LogP contribution in [-0.2, 0) is 4.79 Å². The van der Waals surface area contributed by atoms with Gasteiger partial charge in [-0.2, -0.15) is 0 Å². The van der Waals surface area contributed by atoms with Crippen molar-refractivity contribution in [3.8, 4) is 5.75 Å². The molecule has 27 heavy (non-hydrogen) atoms. The topological polar surface area (TPSA) is 49.9 Å². The Morgan fingerprint density at radius 2 is 1.63 bits per heavy atom. The van der Waals surface area contributed by atoms with E-state index >= 15 is 0 Å². The van der Waals surface area contributed by atoms with E-state index in [1.165, 1.54) is 0 Å². The van der Waals surface area contributed by atoms with Gasteiger partial charge in [-0.15, -0.1) is 0 Å². The van der Waals surface area contributed by atoms with Crippen molar-refractivity contribution in [3.05, 3.63) is 29.8 Å². The van der Waals surface area contributed by atoms with Crippen LogP contribution in [-0.4, -0.2) is 54.4 Å². The van der Waals surface area contributed by atoms with Crippen LogP contribution < -0.4 is 4.74 Å². The third kappa shape index (κ3) is 5.02. The van der Waals surface area contributed by atoms with E-state index in [-0.39, 0.29) is 17.2 Å². The third-order valence-corrected chi connectivity index (χ3v) is 5.43. The van der Waals surface area contributed by atoms with Crippen LogP contribution in [0.3, 0.4) is 0 Å². The maximum Gasteiger partial charge on any atom is 0.253 e. The van der Waals surface area contributed by atoms with E-state index < -0.39 is 0 Å². The molecule has 2 fully saturated rings. The van der Waals surface area contributed by atoms with Gasteiger partial charge < -0.3 is 14.5 Å². The second-order valence-electron chi connectivity index (χ2n) is 8.84. The first kappa shape index (κ1) is 19.7. The standard InChI is InChI=1S/C22H32N2O3/c1-22(2,3)21(26)24-14-6-7-17(15-24)16-27-19-10-8-18(9-11-19)20(25)23-12-4-5-13-23/h8-11,17H,4-7,12-16H2,1-3H3/t17-/m0/s1. The van der Waals surface area contributed by atoms with Crippen LogP contribution in [0.2, 0.25) is 0 Å². The number of likely N-dealkylation sites (tertiary alicyclic amines) is 2. The van der Waals surface area contributed by atoms with Crippen LogP contribution in [0.1, 0.15) is 56.8 Å². The Balaban J connectivity index is 1.51. The predicted molar refractivity (Wildman–Crippen MR) is 106 cm³/mol. The number of piperidine rings is 1. The first-order valence-electron chi connectivity index (χ1n) is 10.2. The number of ether oxygens (including phenoxy) is 1. The molecule has 0 bridgehead atoms. The number of hydrogen-bond donors (Lipinski definition) is 0. The summed E-state index contributed by atoms with van der Waals surface area (Å²) in [5.74, 6) is 1.47. The van der Waals surface area contributed by atoms with Crippen LogP contribution in [0, 0.1) is 11.3 Å². The van der Waals surface area contributed by atoms with Crippen molar-refractivity contribution < 1.29 is 14.3 Å². The molecule has 0 saturated carbocycles. The molecule has 2 heterocycles. The summed E-state index contributed by atoms with van der Waals surface area (Å²) in [6.07, 6.45) is 4.31. The van der Waals surface area contributed by atoms with Gasteiger partial charge in [0.2, 0.25) is 5.91 Å². The van der Waals surface area contributed by atoms with Gasteiger partial charge in [0.25, 0.3) is 5.91 Å². The number of rotatable bonds is 4. The van der Waals surface area contributed by atoms with Crippen LogP contribution in [0.4, 0.5) is 0 Å². The molecule has 3 rings (SSSR count). The summed E-state index contributed by atoms with van der Waals surface area (Å²) in [4.78, 5) is 28.8. The Morgan fingerprint density at radius 1 is 1.00 bits per heavy atom. The zero-order valence-corrected chi connectivity index (χ0v) is 16.9. The average molecular weight is 373 g/mol. The Kier molecular flexibility index (Phi) is 6.08. The predicted octanol–water partition coefficient (Wildman–Crippen LogP) is 3.59. The second kappa shape index (κ2) is 8.32. The fourth-order valence-corrected chi connectivity index (χ4v) is 3.87. The average Bonchev–Trinajstić information content (AvgIpc) is 3.20. The molecule has 2 aliphatic heterocycles. The molecule has 148 valence electrons. The molecule has 1 aromatic rings. The van der Waals surface area contributed by atoms with Crippen LogP contribution in [0.5, 0.6) is 5.75 Å². The molecule has 2 saturated heterocycles. The van der Waals surface area contributed by atoms with Gasteiger partial charge in [-0.25, -0.2) is 0 Å². The van der Waals surface area contributed by atoms with Gasteiger partial charge in [-0.05, 0) is 49.9 Å². The molecule has 5 nitrogen and oxygen atoms in total. The molecule has 5 heteroatoms. The minimum absolute atomic E-state index is 0.114. The molecule has 0 radical (unpaired) electrons. The van der Waals surface area contributed by atoms with E-state index in [9.17, 15) is 9.59 Å². The molecular weight excluding hydrogens is 340 g/mol. The lowest BCUT2D eigenvalue weighted by Crippen LogP contribution is -2.46. The zero-order chi connectivity index (χ0) is 19.4. The van der Waals surface area contributed by atoms with Gasteiger partial charge >= 0.3 is 0 Å². The number of benzene rings is 1. The monoisotopic (exact) mass is 372 g/mol. The molecule has 1 aromatic carbocycles. The molecule has 1 atom stereocenters. The van der Waals surface area contributed by atoms with E-state index in [0.29, 0.717) is 12.5 Å². The maximum absolute atomic E-state index is 12.5. The number of carbonyl (C=O) groups is 2. The van der Waals surface area contributed by atoms with Gasteiger partial charge in [0.15, 0.2) is 0 Å². The highest BCUT2D eigenvalue weighted by atomic mass is 16.5. The van der Waals surface area contributed by atoms with E-state index in [2.05, 4.69) is 0 Å². The maximum atomic E-state index is 12.5. The summed E-state index contributed by atoms with van der Waals surface area (Å²) < 4.78 is 5.96. The zero-order valence-electron chi connectivity index (χ0n) is 16.9. The minimum atomic E-state index is -0.333. The van der Waals surface area contributed by atoms with Crippen molar-refractivity contribution in [2.75, 3.05) is 32.8 Å². The van der Waals surface area contributed by atoms with Crippen molar-refractivity contribution in [2.45, 2.75) is 46.5 Å². The first-order chi connectivity index (χ1) is 12.8. The van der Waals surface area contributed by atoms with E-state index in [1.807, 2.05) is 54.8 Å². The lowest BCUT2D eigenvalue weighted by Gasteiger charge is -2.36. The summed E-state index contributed by atoms with van der Waals surface area (Å²) in [5, 5.41) is 0. The largest absolute Gasteiger partial charge is 0.493 e. The smallest absolute Gasteiger partial charge is 0.253 e. The highest BCUT2D eigenvalue weighted by molar-refractivity contribution is 5.94.